The smallest absolute Gasteiger partial charge is 0.169 e. The number of hydrogen-bond donors (Lipinski definition) is 1. The molecule has 3 rings (SSSR count). The third kappa shape index (κ3) is 1.89. The van der Waals surface area contributed by atoms with Crippen molar-refractivity contribution in [3.8, 4) is 0 Å². The van der Waals surface area contributed by atoms with E-state index in [0.29, 0.717) is 0 Å². The normalized spacial score (nSPS) is 23.2. The number of nitrogens with one attached hydrogen (secondary N) is 1. The molecule has 3 heterocycles. The maximum Gasteiger partial charge on any atom is 0.169 e. The van der Waals surface area contributed by atoms with Crippen LogP contribution in [0, 0.1) is 0 Å². The van der Waals surface area contributed by atoms with E-state index in [1.165, 1.54) is 4.88 Å². The van der Waals surface area contributed by atoms with Crippen molar-refractivity contribution in [3.05, 3.63) is 52.5 Å². The lowest BCUT2D eigenvalue weighted by atomic mass is 10.0. The standard InChI is InChI=1S/C13H13N3S2/c1-16-12(10-6-4-8-18-10)11(15-13(16)17)9-5-2-3-7-14-9/h2-8,11-12H,1H3,(H,15,17)/t11-,12+/m1/s1. The molecule has 1 aliphatic heterocycles. The van der Waals surface area contributed by atoms with Gasteiger partial charge in [-0.05, 0) is 35.8 Å². The summed E-state index contributed by atoms with van der Waals surface area (Å²) in [6, 6.07) is 10.6. The number of pyridine rings is 1. The molecule has 2 aromatic rings. The summed E-state index contributed by atoms with van der Waals surface area (Å²) in [6.07, 6.45) is 1.82. The monoisotopic (exact) mass is 275 g/mol. The molecule has 92 valence electrons. The predicted molar refractivity (Wildman–Crippen MR) is 77.5 cm³/mol. The van der Waals surface area contributed by atoms with Gasteiger partial charge in [-0.25, -0.2) is 0 Å². The van der Waals surface area contributed by atoms with E-state index in [9.17, 15) is 0 Å². The molecule has 0 amide bonds. The van der Waals surface area contributed by atoms with Gasteiger partial charge in [-0.15, -0.1) is 11.3 Å². The highest BCUT2D eigenvalue weighted by Crippen LogP contribution is 2.38. The quantitative estimate of drug-likeness (QED) is 0.853. The lowest BCUT2D eigenvalue weighted by Crippen LogP contribution is -2.24. The van der Waals surface area contributed by atoms with Gasteiger partial charge in [0.2, 0.25) is 0 Å². The second-order valence-corrected chi connectivity index (χ2v) is 5.62. The van der Waals surface area contributed by atoms with Gasteiger partial charge >= 0.3 is 0 Å². The van der Waals surface area contributed by atoms with Crippen molar-refractivity contribution < 1.29 is 0 Å². The largest absolute Gasteiger partial charge is 0.352 e. The van der Waals surface area contributed by atoms with E-state index in [1.807, 2.05) is 31.4 Å². The maximum absolute atomic E-state index is 5.36. The summed E-state index contributed by atoms with van der Waals surface area (Å²) in [5.74, 6) is 0. The van der Waals surface area contributed by atoms with Gasteiger partial charge in [-0.3, -0.25) is 4.98 Å². The Balaban J connectivity index is 2.00. The molecule has 0 spiro atoms. The van der Waals surface area contributed by atoms with Gasteiger partial charge in [0.1, 0.15) is 0 Å². The molecule has 18 heavy (non-hydrogen) atoms. The second kappa shape index (κ2) is 4.66. The van der Waals surface area contributed by atoms with E-state index in [2.05, 4.69) is 32.7 Å². The zero-order valence-corrected chi connectivity index (χ0v) is 11.5. The Morgan fingerprint density at radius 3 is 2.89 bits per heavy atom. The Kier molecular flexibility index (Phi) is 3.01. The van der Waals surface area contributed by atoms with Crippen LogP contribution >= 0.6 is 23.6 Å². The molecule has 5 heteroatoms. The van der Waals surface area contributed by atoms with Crippen molar-refractivity contribution in [2.75, 3.05) is 7.05 Å². The van der Waals surface area contributed by atoms with Crippen molar-refractivity contribution in [1.82, 2.24) is 15.2 Å². The summed E-state index contributed by atoms with van der Waals surface area (Å²) in [5, 5.41) is 6.24. The lowest BCUT2D eigenvalue weighted by molar-refractivity contribution is 0.374. The van der Waals surface area contributed by atoms with Crippen LogP contribution in [0.2, 0.25) is 0 Å². The number of hydrogen-bond acceptors (Lipinski definition) is 3. The topological polar surface area (TPSA) is 28.2 Å². The first-order valence-corrected chi connectivity index (χ1v) is 7.04. The molecule has 1 saturated heterocycles. The number of nitrogens with zero attached hydrogens (tertiary/aromatic N) is 2. The molecule has 0 aliphatic carbocycles. The molecule has 0 radical (unpaired) electrons. The fourth-order valence-corrected chi connectivity index (χ4v) is 3.42. The Labute approximate surface area is 115 Å². The second-order valence-electron chi connectivity index (χ2n) is 4.25. The van der Waals surface area contributed by atoms with E-state index in [0.717, 1.165) is 10.8 Å². The van der Waals surface area contributed by atoms with Gasteiger partial charge in [0, 0.05) is 18.1 Å². The van der Waals surface area contributed by atoms with Crippen LogP contribution in [-0.4, -0.2) is 22.0 Å². The maximum atomic E-state index is 5.36. The van der Waals surface area contributed by atoms with E-state index < -0.39 is 0 Å². The molecule has 0 bridgehead atoms. The minimum Gasteiger partial charge on any atom is -0.352 e. The van der Waals surface area contributed by atoms with Crippen molar-refractivity contribution in [3.63, 3.8) is 0 Å². The number of thiocarbonyl (C=S) groups is 1. The van der Waals surface area contributed by atoms with Crippen LogP contribution in [0.3, 0.4) is 0 Å². The Hall–Kier alpha value is -1.46. The molecule has 2 atom stereocenters. The van der Waals surface area contributed by atoms with Crippen LogP contribution in [0.1, 0.15) is 22.7 Å². The summed E-state index contributed by atoms with van der Waals surface area (Å²) in [4.78, 5) is 7.86. The van der Waals surface area contributed by atoms with E-state index in [-0.39, 0.29) is 12.1 Å². The van der Waals surface area contributed by atoms with E-state index in [4.69, 9.17) is 12.2 Å². The molecule has 0 unspecified atom stereocenters. The van der Waals surface area contributed by atoms with Crippen LogP contribution in [-0.2, 0) is 0 Å². The molecule has 0 saturated carbocycles. The Morgan fingerprint density at radius 1 is 1.33 bits per heavy atom. The first-order valence-electron chi connectivity index (χ1n) is 5.75. The summed E-state index contributed by atoms with van der Waals surface area (Å²) in [5.41, 5.74) is 1.03. The van der Waals surface area contributed by atoms with Gasteiger partial charge in [0.25, 0.3) is 0 Å². The molecular formula is C13H13N3S2. The van der Waals surface area contributed by atoms with Crippen LogP contribution in [0.5, 0.6) is 0 Å². The minimum atomic E-state index is 0.127. The van der Waals surface area contributed by atoms with Gasteiger partial charge in [0.05, 0.1) is 17.8 Å². The van der Waals surface area contributed by atoms with Gasteiger partial charge in [0.15, 0.2) is 5.11 Å². The fraction of sp³-hybridized carbons (Fsp3) is 0.231. The summed E-state index contributed by atoms with van der Waals surface area (Å²) < 4.78 is 0. The molecule has 1 N–H and O–H groups in total. The van der Waals surface area contributed by atoms with Crippen LogP contribution in [0.4, 0.5) is 0 Å². The highest BCUT2D eigenvalue weighted by molar-refractivity contribution is 7.80. The van der Waals surface area contributed by atoms with Crippen LogP contribution < -0.4 is 5.32 Å². The third-order valence-corrected chi connectivity index (χ3v) is 4.52. The Morgan fingerprint density at radius 2 is 2.22 bits per heavy atom. The summed E-state index contributed by atoms with van der Waals surface area (Å²) in [6.45, 7) is 0. The number of aromatic nitrogens is 1. The van der Waals surface area contributed by atoms with E-state index in [1.54, 1.807) is 11.3 Å². The van der Waals surface area contributed by atoms with Crippen LogP contribution in [0.25, 0.3) is 0 Å². The SMILES string of the molecule is CN1C(=S)N[C@H](c2ccccn2)[C@@H]1c1cccs1. The summed E-state index contributed by atoms with van der Waals surface area (Å²) in [7, 11) is 2.03. The number of likely N-dealkylation sites (N-methyl/N-ethyl adjacent to an activating group) is 1. The Bertz CT molecular complexity index is 539. The average molecular weight is 275 g/mol. The highest BCUT2D eigenvalue weighted by Gasteiger charge is 2.37. The third-order valence-electron chi connectivity index (χ3n) is 3.17. The van der Waals surface area contributed by atoms with Crippen molar-refractivity contribution in [2.45, 2.75) is 12.1 Å². The number of rotatable bonds is 2. The van der Waals surface area contributed by atoms with Gasteiger partial charge in [-0.2, -0.15) is 0 Å². The van der Waals surface area contributed by atoms with Crippen molar-refractivity contribution >= 4 is 28.7 Å². The zero-order valence-electron chi connectivity index (χ0n) is 9.91. The van der Waals surface area contributed by atoms with Gasteiger partial charge < -0.3 is 10.2 Å². The first kappa shape index (κ1) is 11.6. The molecule has 2 aromatic heterocycles. The summed E-state index contributed by atoms with van der Waals surface area (Å²) >= 11 is 7.12. The van der Waals surface area contributed by atoms with Crippen LogP contribution in [0.15, 0.2) is 41.9 Å². The predicted octanol–water partition coefficient (Wildman–Crippen LogP) is 2.75. The lowest BCUT2D eigenvalue weighted by Gasteiger charge is -2.22. The number of thiophene rings is 1. The minimum absolute atomic E-state index is 0.127. The van der Waals surface area contributed by atoms with E-state index >= 15 is 0 Å². The highest BCUT2D eigenvalue weighted by atomic mass is 32.1. The van der Waals surface area contributed by atoms with Crippen molar-refractivity contribution in [2.24, 2.45) is 0 Å². The fourth-order valence-electron chi connectivity index (χ4n) is 2.27. The zero-order chi connectivity index (χ0) is 12.5. The average Bonchev–Trinajstić information content (AvgIpc) is 3.00. The molecule has 0 aromatic carbocycles. The first-order chi connectivity index (χ1) is 8.77. The molecule has 1 fully saturated rings. The molecule has 3 nitrogen and oxygen atoms in total. The van der Waals surface area contributed by atoms with Crippen molar-refractivity contribution in [1.29, 1.82) is 0 Å². The molecular weight excluding hydrogens is 262 g/mol. The molecule has 1 aliphatic rings. The van der Waals surface area contributed by atoms with Gasteiger partial charge in [-0.1, -0.05) is 12.1 Å².